The van der Waals surface area contributed by atoms with Gasteiger partial charge in [0, 0.05) is 68.2 Å². The standard InChI is InChI=1S/C21H17BrN4O2.C17H13BrN4.C4H4O2/c1-13-12-24-21-17(7-9-19(27)28-2)25-20(16-5-3-4-10-23-16)15-11-14(22)6-8-18(15)26(13)21;1-11-9-20-16-10-21-17(14-4-2-3-7-19-14)13-8-12(18)5-6-15(13)22(11)16;1-3-4(5)6-2/h3-12,17H,1-2H3;2-9H,10H2,1H3;1H,2H3/b9-7+;;. The second-order valence-electron chi connectivity index (χ2n) is 12.1. The van der Waals surface area contributed by atoms with Crippen LogP contribution in [0.5, 0.6) is 0 Å². The van der Waals surface area contributed by atoms with Crippen LogP contribution in [0.25, 0.3) is 11.4 Å². The highest BCUT2D eigenvalue weighted by Crippen LogP contribution is 2.33. The van der Waals surface area contributed by atoms with E-state index in [-0.39, 0.29) is 0 Å². The van der Waals surface area contributed by atoms with Crippen molar-refractivity contribution < 1.29 is 19.1 Å². The second-order valence-corrected chi connectivity index (χ2v) is 13.9. The van der Waals surface area contributed by atoms with Gasteiger partial charge in [-0.1, -0.05) is 44.0 Å². The molecule has 280 valence electrons. The molecule has 0 saturated carbocycles. The summed E-state index contributed by atoms with van der Waals surface area (Å²) >= 11 is 7.13. The summed E-state index contributed by atoms with van der Waals surface area (Å²) in [5, 5.41) is 0. The van der Waals surface area contributed by atoms with Crippen LogP contribution in [0.1, 0.15) is 51.6 Å². The van der Waals surface area contributed by atoms with Crippen molar-refractivity contribution in [3.05, 3.63) is 164 Å². The Morgan fingerprint density at radius 1 is 0.786 bits per heavy atom. The maximum atomic E-state index is 11.7. The van der Waals surface area contributed by atoms with E-state index in [1.165, 1.54) is 20.3 Å². The molecule has 0 saturated heterocycles. The third-order valence-corrected chi connectivity index (χ3v) is 9.52. The summed E-state index contributed by atoms with van der Waals surface area (Å²) < 4.78 is 15.0. The molecule has 1 unspecified atom stereocenters. The number of hydrogen-bond donors (Lipinski definition) is 0. The number of aliphatic imine (C=N–C) groups is 2. The van der Waals surface area contributed by atoms with Crippen molar-refractivity contribution in [2.24, 2.45) is 9.98 Å². The van der Waals surface area contributed by atoms with Gasteiger partial charge in [-0.15, -0.1) is 6.42 Å². The zero-order valence-corrected chi connectivity index (χ0v) is 33.9. The van der Waals surface area contributed by atoms with Crippen LogP contribution in [0.3, 0.4) is 0 Å². The summed E-state index contributed by atoms with van der Waals surface area (Å²) in [7, 11) is 2.59. The number of nitrogens with zero attached hydrogens (tertiary/aromatic N) is 8. The molecule has 0 fully saturated rings. The maximum absolute atomic E-state index is 11.7. The summed E-state index contributed by atoms with van der Waals surface area (Å²) in [6.45, 7) is 4.61. The van der Waals surface area contributed by atoms with Crippen LogP contribution in [-0.2, 0) is 25.6 Å². The van der Waals surface area contributed by atoms with Crippen molar-refractivity contribution in [3.8, 4) is 23.7 Å². The molecule has 0 amide bonds. The maximum Gasteiger partial charge on any atom is 0.383 e. The van der Waals surface area contributed by atoms with E-state index in [9.17, 15) is 9.59 Å². The molecule has 8 rings (SSSR count). The molecule has 2 aliphatic rings. The molecule has 14 heteroatoms. The molecule has 0 spiro atoms. The number of benzene rings is 2. The van der Waals surface area contributed by atoms with Gasteiger partial charge < -0.3 is 9.47 Å². The molecule has 0 bridgehead atoms. The summed E-state index contributed by atoms with van der Waals surface area (Å²) in [4.78, 5) is 49.1. The number of methoxy groups -OCH3 is 2. The van der Waals surface area contributed by atoms with Crippen LogP contribution in [0.2, 0.25) is 0 Å². The molecule has 6 heterocycles. The fourth-order valence-corrected chi connectivity index (χ4v) is 6.77. The van der Waals surface area contributed by atoms with E-state index in [0.717, 1.165) is 77.3 Å². The molecule has 2 aromatic carbocycles. The van der Waals surface area contributed by atoms with Gasteiger partial charge in [0.15, 0.2) is 0 Å². The third-order valence-electron chi connectivity index (χ3n) is 8.53. The summed E-state index contributed by atoms with van der Waals surface area (Å²) in [6.07, 6.45) is 14.9. The summed E-state index contributed by atoms with van der Waals surface area (Å²) in [6, 6.07) is 23.4. The third kappa shape index (κ3) is 8.64. The van der Waals surface area contributed by atoms with E-state index in [1.54, 1.807) is 30.6 Å². The number of terminal acetylenes is 1. The Labute approximate surface area is 340 Å². The van der Waals surface area contributed by atoms with Gasteiger partial charge in [0.25, 0.3) is 0 Å². The van der Waals surface area contributed by atoms with E-state index >= 15 is 0 Å². The predicted octanol–water partition coefficient (Wildman–Crippen LogP) is 7.44. The monoisotopic (exact) mass is 872 g/mol. The lowest BCUT2D eigenvalue weighted by molar-refractivity contribution is -0.135. The van der Waals surface area contributed by atoms with Gasteiger partial charge in [-0.3, -0.25) is 29.1 Å². The molecule has 0 N–H and O–H groups in total. The highest BCUT2D eigenvalue weighted by Gasteiger charge is 2.27. The van der Waals surface area contributed by atoms with E-state index in [4.69, 9.17) is 14.7 Å². The number of rotatable bonds is 4. The van der Waals surface area contributed by atoms with Crippen LogP contribution in [0.4, 0.5) is 0 Å². The van der Waals surface area contributed by atoms with Crippen LogP contribution in [-0.4, -0.2) is 66.7 Å². The fourth-order valence-electron chi connectivity index (χ4n) is 6.05. The zero-order valence-electron chi connectivity index (χ0n) is 30.7. The topological polar surface area (TPSA) is 139 Å². The number of halogens is 2. The first kappa shape index (κ1) is 39.4. The van der Waals surface area contributed by atoms with Gasteiger partial charge in [0.2, 0.25) is 0 Å². The zero-order chi connectivity index (χ0) is 39.8. The van der Waals surface area contributed by atoms with Gasteiger partial charge in [-0.25, -0.2) is 19.6 Å². The Morgan fingerprint density at radius 2 is 1.38 bits per heavy atom. The first-order valence-electron chi connectivity index (χ1n) is 17.1. The van der Waals surface area contributed by atoms with Crippen molar-refractivity contribution in [3.63, 3.8) is 0 Å². The Bertz CT molecular complexity index is 2540. The van der Waals surface area contributed by atoms with Crippen molar-refractivity contribution in [1.29, 1.82) is 0 Å². The number of carbonyl (C=O) groups is 2. The average Bonchev–Trinajstić information content (AvgIpc) is 3.70. The smallest absolute Gasteiger partial charge is 0.383 e. The van der Waals surface area contributed by atoms with Gasteiger partial charge in [0.1, 0.15) is 17.7 Å². The molecular formula is C42H34Br2N8O4. The molecule has 12 nitrogen and oxygen atoms in total. The minimum atomic E-state index is -0.630. The molecule has 6 aromatic rings. The Balaban J connectivity index is 0.000000169. The lowest BCUT2D eigenvalue weighted by Crippen LogP contribution is -2.09. The Kier molecular flexibility index (Phi) is 12.6. The number of esters is 2. The quantitative estimate of drug-likeness (QED) is 0.0772. The van der Waals surface area contributed by atoms with Crippen LogP contribution in [0, 0.1) is 26.2 Å². The number of hydrogen-bond acceptors (Lipinski definition) is 10. The molecule has 4 aromatic heterocycles. The summed E-state index contributed by atoms with van der Waals surface area (Å²) in [5.74, 6) is 2.37. The SMILES string of the molecule is C#CC(=O)OC.COC(=O)/C=C/C1N=C(c2ccccn2)c2cc(Br)ccc2-n2c(C)cnc21.Cc1cnc2n1-c1ccc(Br)cc1C(c1ccccn1)=NC2. The second kappa shape index (κ2) is 17.9. The lowest BCUT2D eigenvalue weighted by Gasteiger charge is -2.13. The number of pyridine rings is 2. The van der Waals surface area contributed by atoms with E-state index in [2.05, 4.69) is 91.1 Å². The summed E-state index contributed by atoms with van der Waals surface area (Å²) in [5.41, 5.74) is 9.41. The number of carbonyl (C=O) groups excluding carboxylic acids is 2. The number of fused-ring (bicyclic) bond motifs is 6. The van der Waals surface area contributed by atoms with Crippen molar-refractivity contribution >= 4 is 55.2 Å². The van der Waals surface area contributed by atoms with Gasteiger partial charge >= 0.3 is 11.9 Å². The number of aromatic nitrogens is 6. The predicted molar refractivity (Wildman–Crippen MR) is 220 cm³/mol. The normalized spacial score (nSPS) is 13.6. The minimum Gasteiger partial charge on any atom is -0.466 e. The van der Waals surface area contributed by atoms with E-state index < -0.39 is 18.0 Å². The lowest BCUT2D eigenvalue weighted by atomic mass is 10.0. The van der Waals surface area contributed by atoms with Gasteiger partial charge in [0.05, 0.1) is 55.0 Å². The van der Waals surface area contributed by atoms with Crippen LogP contribution in [0.15, 0.2) is 129 Å². The van der Waals surface area contributed by atoms with Crippen LogP contribution < -0.4 is 0 Å². The minimum absolute atomic E-state index is 0.436. The Hall–Kier alpha value is -6.30. The Morgan fingerprint density at radius 3 is 1.95 bits per heavy atom. The van der Waals surface area contributed by atoms with Crippen molar-refractivity contribution in [2.45, 2.75) is 26.4 Å². The average molecular weight is 875 g/mol. The first-order valence-corrected chi connectivity index (χ1v) is 18.7. The molecule has 1 atom stereocenters. The van der Waals surface area contributed by atoms with Gasteiger partial charge in [-0.2, -0.15) is 0 Å². The molecular weight excluding hydrogens is 840 g/mol. The molecule has 2 aliphatic heterocycles. The van der Waals surface area contributed by atoms with E-state index in [0.29, 0.717) is 6.54 Å². The molecule has 0 aliphatic carbocycles. The largest absolute Gasteiger partial charge is 0.466 e. The number of imidazole rings is 2. The molecule has 0 radical (unpaired) electrons. The van der Waals surface area contributed by atoms with Gasteiger partial charge in [-0.05, 0) is 80.6 Å². The van der Waals surface area contributed by atoms with E-state index in [1.807, 2.05) is 73.8 Å². The van der Waals surface area contributed by atoms with Crippen LogP contribution >= 0.6 is 31.9 Å². The number of aryl methyl sites for hydroxylation is 2. The van der Waals surface area contributed by atoms with Crippen molar-refractivity contribution in [2.75, 3.05) is 14.2 Å². The highest BCUT2D eigenvalue weighted by molar-refractivity contribution is 9.10. The van der Waals surface area contributed by atoms with Crippen molar-refractivity contribution in [1.82, 2.24) is 29.1 Å². The molecule has 56 heavy (non-hydrogen) atoms. The highest BCUT2D eigenvalue weighted by atomic mass is 79.9. The first-order chi connectivity index (χ1) is 27.1. The number of ether oxygens (including phenoxy) is 2. The fraction of sp³-hybridized carbons (Fsp3) is 0.143.